The van der Waals surface area contributed by atoms with E-state index in [2.05, 4.69) is 29.6 Å². The first-order valence-corrected chi connectivity index (χ1v) is 6.93. The van der Waals surface area contributed by atoms with Crippen molar-refractivity contribution < 1.29 is 5.11 Å². The van der Waals surface area contributed by atoms with Crippen LogP contribution in [0.1, 0.15) is 23.6 Å². The Bertz CT molecular complexity index is 604. The summed E-state index contributed by atoms with van der Waals surface area (Å²) in [6, 6.07) is 12.1. The molecule has 1 atom stereocenters. The lowest BCUT2D eigenvalue weighted by atomic mass is 10.1. The van der Waals surface area contributed by atoms with Gasteiger partial charge in [-0.1, -0.05) is 47.5 Å². The minimum Gasteiger partial charge on any atom is -0.505 e. The van der Waals surface area contributed by atoms with Gasteiger partial charge in [0.2, 0.25) is 0 Å². The van der Waals surface area contributed by atoms with E-state index in [1.165, 1.54) is 11.1 Å². The normalized spacial score (nSPS) is 17.3. The number of aromatic hydroxyl groups is 1. The van der Waals surface area contributed by atoms with Crippen LogP contribution >= 0.6 is 23.2 Å². The molecule has 0 saturated heterocycles. The Kier molecular flexibility index (Phi) is 3.29. The second-order valence-corrected chi connectivity index (χ2v) is 5.54. The van der Waals surface area contributed by atoms with Gasteiger partial charge in [-0.15, -0.1) is 0 Å². The third-order valence-electron chi connectivity index (χ3n) is 3.49. The molecule has 2 aromatic rings. The third-order valence-corrected chi connectivity index (χ3v) is 4.07. The van der Waals surface area contributed by atoms with Crippen LogP contribution in [0.5, 0.6) is 5.75 Å². The molecule has 2 N–H and O–H groups in total. The zero-order valence-corrected chi connectivity index (χ0v) is 11.7. The van der Waals surface area contributed by atoms with Gasteiger partial charge in [0, 0.05) is 5.69 Å². The van der Waals surface area contributed by atoms with Crippen molar-refractivity contribution in [3.05, 3.63) is 57.6 Å². The molecule has 0 amide bonds. The molecule has 0 spiro atoms. The topological polar surface area (TPSA) is 32.3 Å². The van der Waals surface area contributed by atoms with Gasteiger partial charge in [-0.3, -0.25) is 0 Å². The number of hydrogen-bond donors (Lipinski definition) is 2. The maximum absolute atomic E-state index is 9.56. The third kappa shape index (κ3) is 2.38. The van der Waals surface area contributed by atoms with Gasteiger partial charge < -0.3 is 10.4 Å². The van der Waals surface area contributed by atoms with E-state index in [9.17, 15) is 5.11 Å². The average Bonchev–Trinajstić information content (AvgIpc) is 2.79. The van der Waals surface area contributed by atoms with Crippen molar-refractivity contribution in [1.82, 2.24) is 0 Å². The standard InChI is InChI=1S/C15H13Cl2NO/c16-12-7-10(8-13(17)15(12)19)18-14-6-5-9-3-1-2-4-11(9)14/h1-4,7-8,14,18-19H,5-6H2. The number of aryl methyl sites for hydroxylation is 1. The molecular weight excluding hydrogens is 281 g/mol. The molecule has 0 bridgehead atoms. The molecule has 98 valence electrons. The maximum atomic E-state index is 9.56. The van der Waals surface area contributed by atoms with Crippen LogP contribution in [0.3, 0.4) is 0 Å². The molecule has 1 aliphatic rings. The van der Waals surface area contributed by atoms with Crippen molar-refractivity contribution in [3.8, 4) is 5.75 Å². The quantitative estimate of drug-likeness (QED) is 0.780. The van der Waals surface area contributed by atoms with E-state index in [0.29, 0.717) is 0 Å². The van der Waals surface area contributed by atoms with E-state index in [1.54, 1.807) is 12.1 Å². The van der Waals surface area contributed by atoms with Gasteiger partial charge in [-0.05, 0) is 36.1 Å². The molecule has 0 radical (unpaired) electrons. The zero-order chi connectivity index (χ0) is 13.4. The monoisotopic (exact) mass is 293 g/mol. The van der Waals surface area contributed by atoms with E-state index >= 15 is 0 Å². The van der Waals surface area contributed by atoms with Gasteiger partial charge in [0.1, 0.15) is 0 Å². The second-order valence-electron chi connectivity index (χ2n) is 4.72. The number of phenolic OH excluding ortho intramolecular Hbond substituents is 1. The molecule has 0 saturated carbocycles. The SMILES string of the molecule is Oc1c(Cl)cc(NC2CCc3ccccc32)cc1Cl. The van der Waals surface area contributed by atoms with Crippen LogP contribution in [0, 0.1) is 0 Å². The molecule has 19 heavy (non-hydrogen) atoms. The largest absolute Gasteiger partial charge is 0.505 e. The summed E-state index contributed by atoms with van der Waals surface area (Å²) in [7, 11) is 0. The smallest absolute Gasteiger partial charge is 0.152 e. The first-order chi connectivity index (χ1) is 9.15. The number of nitrogens with one attached hydrogen (secondary N) is 1. The molecule has 2 nitrogen and oxygen atoms in total. The summed E-state index contributed by atoms with van der Waals surface area (Å²) in [5.74, 6) is -0.0688. The summed E-state index contributed by atoms with van der Waals surface area (Å²) >= 11 is 11.9. The van der Waals surface area contributed by atoms with Gasteiger partial charge in [-0.25, -0.2) is 0 Å². The van der Waals surface area contributed by atoms with Gasteiger partial charge in [-0.2, -0.15) is 0 Å². The number of hydrogen-bond acceptors (Lipinski definition) is 2. The summed E-state index contributed by atoms with van der Waals surface area (Å²) < 4.78 is 0. The second kappa shape index (κ2) is 4.95. The Hall–Kier alpha value is -1.38. The predicted molar refractivity (Wildman–Crippen MR) is 79.3 cm³/mol. The van der Waals surface area contributed by atoms with Crippen molar-refractivity contribution in [2.24, 2.45) is 0 Å². The van der Waals surface area contributed by atoms with E-state index in [0.717, 1.165) is 18.5 Å². The van der Waals surface area contributed by atoms with E-state index in [-0.39, 0.29) is 21.8 Å². The summed E-state index contributed by atoms with van der Waals surface area (Å²) in [5, 5.41) is 13.5. The summed E-state index contributed by atoms with van der Waals surface area (Å²) in [5.41, 5.74) is 3.54. The molecule has 0 aliphatic heterocycles. The van der Waals surface area contributed by atoms with Crippen LogP contribution in [-0.2, 0) is 6.42 Å². The van der Waals surface area contributed by atoms with Gasteiger partial charge >= 0.3 is 0 Å². The highest BCUT2D eigenvalue weighted by atomic mass is 35.5. The van der Waals surface area contributed by atoms with Gasteiger partial charge in [0.25, 0.3) is 0 Å². The molecular formula is C15H13Cl2NO. The Morgan fingerprint density at radius 2 is 1.79 bits per heavy atom. The van der Waals surface area contributed by atoms with E-state index in [1.807, 2.05) is 0 Å². The fourth-order valence-electron chi connectivity index (χ4n) is 2.56. The molecule has 4 heteroatoms. The fourth-order valence-corrected chi connectivity index (χ4v) is 3.04. The summed E-state index contributed by atoms with van der Waals surface area (Å²) in [6.07, 6.45) is 2.13. The lowest BCUT2D eigenvalue weighted by Crippen LogP contribution is -2.06. The lowest BCUT2D eigenvalue weighted by molar-refractivity contribution is 0.476. The first-order valence-electron chi connectivity index (χ1n) is 6.17. The fraction of sp³-hybridized carbons (Fsp3) is 0.200. The Morgan fingerprint density at radius 3 is 2.53 bits per heavy atom. The van der Waals surface area contributed by atoms with Crippen molar-refractivity contribution in [2.75, 3.05) is 5.32 Å². The highest BCUT2D eigenvalue weighted by Crippen LogP contribution is 2.38. The summed E-state index contributed by atoms with van der Waals surface area (Å²) in [4.78, 5) is 0. The molecule has 0 aromatic heterocycles. The minimum absolute atomic E-state index is 0.0688. The Balaban J connectivity index is 1.87. The van der Waals surface area contributed by atoms with E-state index < -0.39 is 0 Å². The maximum Gasteiger partial charge on any atom is 0.152 e. The average molecular weight is 294 g/mol. The number of rotatable bonds is 2. The molecule has 0 heterocycles. The van der Waals surface area contributed by atoms with Crippen LogP contribution in [-0.4, -0.2) is 5.11 Å². The number of phenols is 1. The summed E-state index contributed by atoms with van der Waals surface area (Å²) in [6.45, 7) is 0. The van der Waals surface area contributed by atoms with E-state index in [4.69, 9.17) is 23.2 Å². The van der Waals surface area contributed by atoms with Gasteiger partial charge in [0.05, 0.1) is 16.1 Å². The van der Waals surface area contributed by atoms with Crippen molar-refractivity contribution in [2.45, 2.75) is 18.9 Å². The van der Waals surface area contributed by atoms with Crippen molar-refractivity contribution in [3.63, 3.8) is 0 Å². The van der Waals surface area contributed by atoms with Crippen LogP contribution in [0.15, 0.2) is 36.4 Å². The van der Waals surface area contributed by atoms with Crippen LogP contribution < -0.4 is 5.32 Å². The number of anilines is 1. The molecule has 0 fully saturated rings. The number of halogens is 2. The zero-order valence-electron chi connectivity index (χ0n) is 10.2. The molecule has 1 aliphatic carbocycles. The van der Waals surface area contributed by atoms with Crippen LogP contribution in [0.4, 0.5) is 5.69 Å². The Morgan fingerprint density at radius 1 is 1.11 bits per heavy atom. The van der Waals surface area contributed by atoms with Crippen LogP contribution in [0.2, 0.25) is 10.0 Å². The van der Waals surface area contributed by atoms with Gasteiger partial charge in [0.15, 0.2) is 5.75 Å². The van der Waals surface area contributed by atoms with Crippen molar-refractivity contribution >= 4 is 28.9 Å². The predicted octanol–water partition coefficient (Wildman–Crippen LogP) is 4.80. The lowest BCUT2D eigenvalue weighted by Gasteiger charge is -2.16. The number of fused-ring (bicyclic) bond motifs is 1. The van der Waals surface area contributed by atoms with Crippen LogP contribution in [0.25, 0.3) is 0 Å². The number of benzene rings is 2. The highest BCUT2D eigenvalue weighted by molar-refractivity contribution is 6.37. The minimum atomic E-state index is -0.0688. The Labute approximate surface area is 122 Å². The molecule has 2 aromatic carbocycles. The first kappa shape index (κ1) is 12.6. The molecule has 1 unspecified atom stereocenters. The van der Waals surface area contributed by atoms with Crippen molar-refractivity contribution in [1.29, 1.82) is 0 Å². The highest BCUT2D eigenvalue weighted by Gasteiger charge is 2.22. The molecule has 3 rings (SSSR count).